The van der Waals surface area contributed by atoms with Crippen molar-refractivity contribution in [2.75, 3.05) is 19.0 Å². The lowest BCUT2D eigenvalue weighted by Crippen LogP contribution is -2.45. The number of benzene rings is 1. The van der Waals surface area contributed by atoms with Gasteiger partial charge >= 0.3 is 12.0 Å². The minimum atomic E-state index is -1.16. The summed E-state index contributed by atoms with van der Waals surface area (Å²) in [5.74, 6) is -1.16. The van der Waals surface area contributed by atoms with E-state index >= 15 is 0 Å². The van der Waals surface area contributed by atoms with Gasteiger partial charge in [-0.05, 0) is 56.5 Å². The fourth-order valence-electron chi connectivity index (χ4n) is 1.47. The average molecular weight is 410 g/mol. The number of ether oxygens (including phenoxy) is 1. The molecule has 0 aliphatic carbocycles. The maximum absolute atomic E-state index is 11.8. The van der Waals surface area contributed by atoms with Crippen molar-refractivity contribution < 1.29 is 19.4 Å². The Bertz CT molecular complexity index is 499. The molecule has 2 amide bonds. The normalized spacial score (nSPS) is 11.8. The largest absolute Gasteiger partial charge is 0.480 e. The molecule has 0 saturated carbocycles. The summed E-state index contributed by atoms with van der Waals surface area (Å²) in [6, 6.07) is 1.94. The minimum Gasteiger partial charge on any atom is -0.480 e. The second-order valence-corrected chi connectivity index (χ2v) is 5.76. The van der Waals surface area contributed by atoms with Gasteiger partial charge in [0.1, 0.15) is 0 Å². The lowest BCUT2D eigenvalue weighted by molar-refractivity contribution is -0.140. The van der Waals surface area contributed by atoms with Crippen molar-refractivity contribution in [1.82, 2.24) is 5.32 Å². The Morgan fingerprint density at radius 1 is 1.35 bits per heavy atom. The molecule has 0 aliphatic heterocycles. The van der Waals surface area contributed by atoms with Crippen molar-refractivity contribution in [3.63, 3.8) is 0 Å². The van der Waals surface area contributed by atoms with Crippen LogP contribution in [0.1, 0.15) is 5.56 Å². The molecule has 0 bridgehead atoms. The highest BCUT2D eigenvalue weighted by atomic mass is 79.9. The van der Waals surface area contributed by atoms with E-state index in [0.717, 1.165) is 5.56 Å². The number of hydrogen-bond donors (Lipinski definition) is 3. The standard InChI is InChI=1S/C12H14Br2N2O4/c1-6-3-7(13)10(8(14)4-6)16-12(19)15-9(5-20-2)11(17)18/h3-4,9H,5H2,1-2H3,(H,17,18)(H2,15,16,19). The summed E-state index contributed by atoms with van der Waals surface area (Å²) in [4.78, 5) is 22.7. The van der Waals surface area contributed by atoms with E-state index in [2.05, 4.69) is 42.5 Å². The van der Waals surface area contributed by atoms with Gasteiger partial charge in [0, 0.05) is 16.1 Å². The van der Waals surface area contributed by atoms with Gasteiger partial charge in [0.25, 0.3) is 0 Å². The van der Waals surface area contributed by atoms with Gasteiger partial charge in [-0.15, -0.1) is 0 Å². The summed E-state index contributed by atoms with van der Waals surface area (Å²) in [6.07, 6.45) is 0. The quantitative estimate of drug-likeness (QED) is 0.697. The highest BCUT2D eigenvalue weighted by Crippen LogP contribution is 2.32. The van der Waals surface area contributed by atoms with Crippen LogP contribution in [-0.2, 0) is 9.53 Å². The van der Waals surface area contributed by atoms with Crippen LogP contribution in [0.25, 0.3) is 0 Å². The van der Waals surface area contributed by atoms with Crippen molar-refractivity contribution in [3.8, 4) is 0 Å². The molecule has 0 aliphatic rings. The molecule has 1 atom stereocenters. The Labute approximate surface area is 133 Å². The van der Waals surface area contributed by atoms with E-state index < -0.39 is 18.0 Å². The van der Waals surface area contributed by atoms with Crippen LogP contribution in [0.4, 0.5) is 10.5 Å². The van der Waals surface area contributed by atoms with Crippen LogP contribution in [0.15, 0.2) is 21.1 Å². The lowest BCUT2D eigenvalue weighted by atomic mass is 10.2. The van der Waals surface area contributed by atoms with Gasteiger partial charge in [0.05, 0.1) is 12.3 Å². The van der Waals surface area contributed by atoms with Crippen molar-refractivity contribution in [3.05, 3.63) is 26.6 Å². The zero-order chi connectivity index (χ0) is 15.3. The summed E-state index contributed by atoms with van der Waals surface area (Å²) in [5, 5.41) is 13.8. The molecule has 1 aromatic carbocycles. The Morgan fingerprint density at radius 3 is 2.35 bits per heavy atom. The third kappa shape index (κ3) is 4.77. The number of carboxylic acids is 1. The number of hydrogen-bond acceptors (Lipinski definition) is 3. The first-order valence-electron chi connectivity index (χ1n) is 5.60. The van der Waals surface area contributed by atoms with Gasteiger partial charge < -0.3 is 20.5 Å². The zero-order valence-electron chi connectivity index (χ0n) is 10.9. The Hall–Kier alpha value is -1.12. The summed E-state index contributed by atoms with van der Waals surface area (Å²) in [7, 11) is 1.36. The number of carboxylic acid groups (broad SMARTS) is 1. The highest BCUT2D eigenvalue weighted by Gasteiger charge is 2.20. The maximum Gasteiger partial charge on any atom is 0.328 e. The first-order valence-corrected chi connectivity index (χ1v) is 7.18. The minimum absolute atomic E-state index is 0.112. The molecule has 6 nitrogen and oxygen atoms in total. The van der Waals surface area contributed by atoms with Gasteiger partial charge in [0.2, 0.25) is 0 Å². The summed E-state index contributed by atoms with van der Waals surface area (Å²) in [5.41, 5.74) is 1.53. The van der Waals surface area contributed by atoms with Gasteiger partial charge in [-0.1, -0.05) is 0 Å². The van der Waals surface area contributed by atoms with E-state index in [1.54, 1.807) is 0 Å². The van der Waals surface area contributed by atoms with Crippen LogP contribution in [0.5, 0.6) is 0 Å². The molecular weight excluding hydrogens is 396 g/mol. The molecule has 0 radical (unpaired) electrons. The molecule has 1 aromatic rings. The Morgan fingerprint density at radius 2 is 1.90 bits per heavy atom. The monoisotopic (exact) mass is 408 g/mol. The Balaban J connectivity index is 2.78. The fourth-order valence-corrected chi connectivity index (χ4v) is 3.08. The smallest absolute Gasteiger partial charge is 0.328 e. The van der Waals surface area contributed by atoms with Gasteiger partial charge in [-0.2, -0.15) is 0 Å². The second-order valence-electron chi connectivity index (χ2n) is 4.05. The number of halogens is 2. The molecule has 8 heteroatoms. The summed E-state index contributed by atoms with van der Waals surface area (Å²) in [6.45, 7) is 1.80. The van der Waals surface area contributed by atoms with Crippen molar-refractivity contribution >= 4 is 49.5 Å². The first kappa shape index (κ1) is 16.9. The van der Waals surface area contributed by atoms with Gasteiger partial charge in [0.15, 0.2) is 6.04 Å². The molecule has 0 heterocycles. The molecule has 0 fully saturated rings. The predicted octanol–water partition coefficient (Wildman–Crippen LogP) is 2.74. The number of nitrogens with one attached hydrogen (secondary N) is 2. The number of urea groups is 1. The molecular formula is C12H14Br2N2O4. The fraction of sp³-hybridized carbons (Fsp3) is 0.333. The van der Waals surface area contributed by atoms with E-state index in [1.807, 2.05) is 19.1 Å². The van der Waals surface area contributed by atoms with E-state index in [0.29, 0.717) is 14.6 Å². The predicted molar refractivity (Wildman–Crippen MR) is 82.0 cm³/mol. The molecule has 0 spiro atoms. The number of amides is 2. The third-order valence-electron chi connectivity index (χ3n) is 2.36. The van der Waals surface area contributed by atoms with Crippen LogP contribution in [-0.4, -0.2) is 36.9 Å². The summed E-state index contributed by atoms with van der Waals surface area (Å²) < 4.78 is 6.12. The van der Waals surface area contributed by atoms with Gasteiger partial charge in [-0.25, -0.2) is 9.59 Å². The molecule has 3 N–H and O–H groups in total. The topological polar surface area (TPSA) is 87.7 Å². The zero-order valence-corrected chi connectivity index (χ0v) is 14.0. The lowest BCUT2D eigenvalue weighted by Gasteiger charge is -2.16. The molecule has 0 aromatic heterocycles. The molecule has 110 valence electrons. The number of methoxy groups -OCH3 is 1. The number of rotatable bonds is 5. The molecule has 0 saturated heterocycles. The van der Waals surface area contributed by atoms with Crippen LogP contribution >= 0.6 is 31.9 Å². The first-order chi connectivity index (χ1) is 9.35. The van der Waals surface area contributed by atoms with Crippen molar-refractivity contribution in [1.29, 1.82) is 0 Å². The molecule has 1 rings (SSSR count). The number of carbonyl (C=O) groups is 2. The number of aliphatic carboxylic acids is 1. The van der Waals surface area contributed by atoms with Crippen molar-refractivity contribution in [2.45, 2.75) is 13.0 Å². The van der Waals surface area contributed by atoms with E-state index in [-0.39, 0.29) is 6.61 Å². The molecule has 20 heavy (non-hydrogen) atoms. The Kier molecular flexibility index (Phi) is 6.44. The third-order valence-corrected chi connectivity index (χ3v) is 3.61. The van der Waals surface area contributed by atoms with E-state index in [9.17, 15) is 9.59 Å². The van der Waals surface area contributed by atoms with E-state index in [4.69, 9.17) is 9.84 Å². The number of carbonyl (C=O) groups excluding carboxylic acids is 1. The van der Waals surface area contributed by atoms with Crippen LogP contribution in [0.3, 0.4) is 0 Å². The number of anilines is 1. The van der Waals surface area contributed by atoms with E-state index in [1.165, 1.54) is 7.11 Å². The maximum atomic E-state index is 11.8. The highest BCUT2D eigenvalue weighted by molar-refractivity contribution is 9.11. The SMILES string of the molecule is COCC(NC(=O)Nc1c(Br)cc(C)cc1Br)C(=O)O. The van der Waals surface area contributed by atoms with Gasteiger partial charge in [-0.3, -0.25) is 0 Å². The van der Waals surface area contributed by atoms with Crippen molar-refractivity contribution in [2.24, 2.45) is 0 Å². The molecule has 1 unspecified atom stereocenters. The van der Waals surface area contributed by atoms with Crippen LogP contribution in [0.2, 0.25) is 0 Å². The van der Waals surface area contributed by atoms with Crippen LogP contribution < -0.4 is 10.6 Å². The second kappa shape index (κ2) is 7.61. The average Bonchev–Trinajstić information content (AvgIpc) is 2.33. The van der Waals surface area contributed by atoms with Crippen LogP contribution in [0, 0.1) is 6.92 Å². The number of aryl methyl sites for hydroxylation is 1. The summed E-state index contributed by atoms with van der Waals surface area (Å²) >= 11 is 6.68.